The Bertz CT molecular complexity index is 759. The number of aryl methyl sites for hydroxylation is 1. The average molecular weight is 422 g/mol. The molecule has 0 aliphatic carbocycles. The molecule has 0 radical (unpaired) electrons. The van der Waals surface area contributed by atoms with Crippen LogP contribution in [0.1, 0.15) is 24.8 Å². The summed E-state index contributed by atoms with van der Waals surface area (Å²) in [5.41, 5.74) is -4.16. The number of sulfonamides is 1. The predicted molar refractivity (Wildman–Crippen MR) is 100 cm³/mol. The molecular weight excluding hydrogens is 397 g/mol. The van der Waals surface area contributed by atoms with Crippen molar-refractivity contribution < 1.29 is 26.7 Å². The lowest BCUT2D eigenvalue weighted by atomic mass is 10.1. The van der Waals surface area contributed by atoms with E-state index in [2.05, 4.69) is 15.6 Å². The first-order valence-electron chi connectivity index (χ1n) is 8.95. The van der Waals surface area contributed by atoms with Crippen LogP contribution in [0, 0.1) is 0 Å². The SMILES string of the molecule is CN=C(NCCCc1ccc(O)cc1)NC1CCN(S(=O)(=O)C(F)(F)F)CC1. The van der Waals surface area contributed by atoms with Gasteiger partial charge in [-0.15, -0.1) is 0 Å². The third kappa shape index (κ3) is 5.99. The maximum atomic E-state index is 12.6. The highest BCUT2D eigenvalue weighted by molar-refractivity contribution is 7.90. The van der Waals surface area contributed by atoms with Crippen molar-refractivity contribution in [2.75, 3.05) is 26.7 Å². The summed E-state index contributed by atoms with van der Waals surface area (Å²) in [5.74, 6) is 0.753. The molecule has 7 nitrogen and oxygen atoms in total. The lowest BCUT2D eigenvalue weighted by molar-refractivity contribution is -0.0494. The number of halogens is 3. The Balaban J connectivity index is 1.73. The van der Waals surface area contributed by atoms with Crippen LogP contribution in [0.3, 0.4) is 0 Å². The van der Waals surface area contributed by atoms with E-state index >= 15 is 0 Å². The average Bonchev–Trinajstić information content (AvgIpc) is 2.65. The van der Waals surface area contributed by atoms with Crippen LogP contribution < -0.4 is 10.6 Å². The van der Waals surface area contributed by atoms with Gasteiger partial charge in [0.2, 0.25) is 0 Å². The Morgan fingerprint density at radius 2 is 1.86 bits per heavy atom. The molecule has 11 heteroatoms. The van der Waals surface area contributed by atoms with Crippen LogP contribution in [0.2, 0.25) is 0 Å². The quantitative estimate of drug-likeness (QED) is 0.369. The van der Waals surface area contributed by atoms with E-state index in [9.17, 15) is 26.7 Å². The Morgan fingerprint density at radius 3 is 2.39 bits per heavy atom. The molecule has 1 fully saturated rings. The van der Waals surface area contributed by atoms with Crippen LogP contribution >= 0.6 is 0 Å². The Hall–Kier alpha value is -2.01. The van der Waals surface area contributed by atoms with Crippen molar-refractivity contribution in [3.05, 3.63) is 29.8 Å². The van der Waals surface area contributed by atoms with Crippen LogP contribution in [0.15, 0.2) is 29.3 Å². The minimum absolute atomic E-state index is 0.150. The summed E-state index contributed by atoms with van der Waals surface area (Å²) in [4.78, 5) is 4.09. The van der Waals surface area contributed by atoms with Crippen molar-refractivity contribution in [2.24, 2.45) is 4.99 Å². The zero-order valence-electron chi connectivity index (χ0n) is 15.5. The van der Waals surface area contributed by atoms with Gasteiger partial charge in [-0.2, -0.15) is 17.5 Å². The monoisotopic (exact) mass is 422 g/mol. The molecule has 1 aromatic carbocycles. The lowest BCUT2D eigenvalue weighted by Gasteiger charge is -2.32. The molecule has 1 saturated heterocycles. The molecule has 0 bridgehead atoms. The zero-order valence-corrected chi connectivity index (χ0v) is 16.4. The van der Waals surface area contributed by atoms with Crippen LogP contribution in [0.5, 0.6) is 5.75 Å². The maximum Gasteiger partial charge on any atom is 0.511 e. The van der Waals surface area contributed by atoms with E-state index in [0.29, 0.717) is 16.8 Å². The van der Waals surface area contributed by atoms with Gasteiger partial charge < -0.3 is 15.7 Å². The highest BCUT2D eigenvalue weighted by atomic mass is 32.2. The number of hydrogen-bond donors (Lipinski definition) is 3. The fraction of sp³-hybridized carbons (Fsp3) is 0.588. The number of phenolic OH excluding ortho intramolecular Hbond substituents is 1. The fourth-order valence-corrected chi connectivity index (χ4v) is 3.92. The third-order valence-corrected chi connectivity index (χ3v) is 6.15. The topological polar surface area (TPSA) is 94.0 Å². The Kier molecular flexibility index (Phi) is 7.53. The van der Waals surface area contributed by atoms with Crippen LogP contribution in [0.25, 0.3) is 0 Å². The van der Waals surface area contributed by atoms with Gasteiger partial charge in [0, 0.05) is 32.7 Å². The molecule has 1 aliphatic rings. The van der Waals surface area contributed by atoms with Gasteiger partial charge in [-0.3, -0.25) is 4.99 Å². The van der Waals surface area contributed by atoms with Crippen molar-refractivity contribution in [2.45, 2.75) is 37.2 Å². The number of guanidine groups is 1. The number of aromatic hydroxyl groups is 1. The summed E-state index contributed by atoms with van der Waals surface area (Å²) in [6, 6.07) is 6.82. The van der Waals surface area contributed by atoms with Crippen LogP contribution in [-0.4, -0.2) is 62.0 Å². The van der Waals surface area contributed by atoms with E-state index in [4.69, 9.17) is 0 Å². The summed E-state index contributed by atoms with van der Waals surface area (Å²) in [6.07, 6.45) is 2.18. The van der Waals surface area contributed by atoms with Crippen molar-refractivity contribution in [1.82, 2.24) is 14.9 Å². The van der Waals surface area contributed by atoms with Gasteiger partial charge in [-0.25, -0.2) is 8.42 Å². The molecule has 0 aromatic heterocycles. The first kappa shape index (κ1) is 22.3. The van der Waals surface area contributed by atoms with Crippen molar-refractivity contribution in [3.63, 3.8) is 0 Å². The van der Waals surface area contributed by atoms with Gasteiger partial charge in [-0.05, 0) is 43.4 Å². The molecule has 1 aromatic rings. The Labute approximate surface area is 162 Å². The minimum atomic E-state index is -5.26. The van der Waals surface area contributed by atoms with Crippen molar-refractivity contribution >= 4 is 16.0 Å². The van der Waals surface area contributed by atoms with Gasteiger partial charge in [0.15, 0.2) is 5.96 Å². The number of nitrogens with one attached hydrogen (secondary N) is 2. The number of piperidine rings is 1. The first-order valence-corrected chi connectivity index (χ1v) is 10.4. The molecule has 1 aliphatic heterocycles. The number of phenols is 1. The number of hydrogen-bond acceptors (Lipinski definition) is 4. The minimum Gasteiger partial charge on any atom is -0.508 e. The molecule has 0 atom stereocenters. The summed E-state index contributed by atoms with van der Waals surface area (Å²) in [6.45, 7) is 0.274. The number of nitrogens with zero attached hydrogens (tertiary/aromatic N) is 2. The van der Waals surface area contributed by atoms with Crippen LogP contribution in [-0.2, 0) is 16.4 Å². The molecule has 3 N–H and O–H groups in total. The number of rotatable bonds is 6. The second-order valence-electron chi connectivity index (χ2n) is 6.54. The lowest BCUT2D eigenvalue weighted by Crippen LogP contribution is -2.51. The summed E-state index contributed by atoms with van der Waals surface area (Å²) >= 11 is 0. The molecule has 0 amide bonds. The van der Waals surface area contributed by atoms with E-state index in [-0.39, 0.29) is 37.7 Å². The normalized spacial score (nSPS) is 17.5. The smallest absolute Gasteiger partial charge is 0.508 e. The zero-order chi connectivity index (χ0) is 20.8. The first-order chi connectivity index (χ1) is 13.1. The van der Waals surface area contributed by atoms with E-state index < -0.39 is 15.5 Å². The summed E-state index contributed by atoms with van der Waals surface area (Å²) < 4.78 is 61.2. The van der Waals surface area contributed by atoms with Gasteiger partial charge >= 0.3 is 15.5 Å². The molecular formula is C17H25F3N4O3S. The van der Waals surface area contributed by atoms with Gasteiger partial charge in [0.1, 0.15) is 5.75 Å². The highest BCUT2D eigenvalue weighted by Gasteiger charge is 2.50. The van der Waals surface area contributed by atoms with E-state index in [1.807, 2.05) is 12.1 Å². The van der Waals surface area contributed by atoms with Crippen molar-refractivity contribution in [3.8, 4) is 5.75 Å². The standard InChI is InChI=1S/C17H25F3N4O3S/c1-21-16(22-10-2-3-13-4-6-15(25)7-5-13)23-14-8-11-24(12-9-14)28(26,27)17(18,19)20/h4-7,14,25H,2-3,8-12H2,1H3,(H2,21,22,23). The molecule has 158 valence electrons. The van der Waals surface area contributed by atoms with Crippen molar-refractivity contribution in [1.29, 1.82) is 0 Å². The molecule has 0 unspecified atom stereocenters. The van der Waals surface area contributed by atoms with Gasteiger partial charge in [-0.1, -0.05) is 12.1 Å². The fourth-order valence-electron chi connectivity index (χ4n) is 2.94. The number of alkyl halides is 3. The number of aliphatic imine (C=N–C) groups is 1. The molecule has 28 heavy (non-hydrogen) atoms. The summed E-state index contributed by atoms with van der Waals surface area (Å²) in [5, 5.41) is 15.5. The maximum absolute atomic E-state index is 12.6. The molecule has 2 rings (SSSR count). The molecule has 0 saturated carbocycles. The van der Waals surface area contributed by atoms with E-state index in [1.165, 1.54) is 0 Å². The molecule has 0 spiro atoms. The largest absolute Gasteiger partial charge is 0.511 e. The van der Waals surface area contributed by atoms with Crippen LogP contribution in [0.4, 0.5) is 13.2 Å². The summed E-state index contributed by atoms with van der Waals surface area (Å²) in [7, 11) is -3.66. The van der Waals surface area contributed by atoms with E-state index in [0.717, 1.165) is 18.4 Å². The van der Waals surface area contributed by atoms with Gasteiger partial charge in [0.05, 0.1) is 0 Å². The highest BCUT2D eigenvalue weighted by Crippen LogP contribution is 2.28. The third-order valence-electron chi connectivity index (χ3n) is 4.52. The second-order valence-corrected chi connectivity index (χ2v) is 8.47. The number of benzene rings is 1. The van der Waals surface area contributed by atoms with Gasteiger partial charge in [0.25, 0.3) is 0 Å². The molecule has 1 heterocycles. The predicted octanol–water partition coefficient (Wildman–Crippen LogP) is 1.80. The van der Waals surface area contributed by atoms with E-state index in [1.54, 1.807) is 19.2 Å². The second kappa shape index (κ2) is 9.46. The Morgan fingerprint density at radius 1 is 1.25 bits per heavy atom.